The molecule has 0 spiro atoms. The maximum atomic E-state index is 13.0. The molecule has 0 aromatic heterocycles. The van der Waals surface area contributed by atoms with E-state index in [9.17, 15) is 19.8 Å². The van der Waals surface area contributed by atoms with E-state index in [2.05, 4.69) is 27.7 Å². The average Bonchev–Trinajstić information content (AvgIpc) is 2.65. The number of aliphatic carboxylic acids is 2. The summed E-state index contributed by atoms with van der Waals surface area (Å²) in [6.45, 7) is 9.34. The highest BCUT2D eigenvalue weighted by molar-refractivity contribution is 5.77. The van der Waals surface area contributed by atoms with Crippen LogP contribution in [-0.4, -0.2) is 22.2 Å². The molecule has 4 nitrogen and oxygen atoms in total. The summed E-state index contributed by atoms with van der Waals surface area (Å²) < 4.78 is 0. The van der Waals surface area contributed by atoms with Crippen LogP contribution in [-0.2, 0) is 9.59 Å². The van der Waals surface area contributed by atoms with Gasteiger partial charge in [0.25, 0.3) is 0 Å². The van der Waals surface area contributed by atoms with Crippen LogP contribution >= 0.6 is 0 Å². The second-order valence-electron chi connectivity index (χ2n) is 14.8. The molecule has 178 valence electrons. The van der Waals surface area contributed by atoms with Crippen molar-refractivity contribution in [1.82, 2.24) is 0 Å². The van der Waals surface area contributed by atoms with Crippen LogP contribution in [0.4, 0.5) is 0 Å². The van der Waals surface area contributed by atoms with E-state index in [4.69, 9.17) is 0 Å². The van der Waals surface area contributed by atoms with Crippen molar-refractivity contribution in [3.8, 4) is 0 Å². The Morgan fingerprint density at radius 3 is 1.53 bits per heavy atom. The highest BCUT2D eigenvalue weighted by Gasteiger charge is 2.77. The zero-order valence-electron chi connectivity index (χ0n) is 20.5. The molecule has 0 heterocycles. The predicted molar refractivity (Wildman–Crippen MR) is 122 cm³/mol. The van der Waals surface area contributed by atoms with Gasteiger partial charge in [0.15, 0.2) is 0 Å². The number of carboxylic acids is 2. The first-order valence-electron chi connectivity index (χ1n) is 13.3. The van der Waals surface area contributed by atoms with Gasteiger partial charge in [-0.2, -0.15) is 0 Å². The van der Waals surface area contributed by atoms with E-state index in [1.165, 1.54) is 12.8 Å². The average molecular weight is 443 g/mol. The second kappa shape index (κ2) is 5.95. The van der Waals surface area contributed by atoms with Gasteiger partial charge in [0.2, 0.25) is 0 Å². The highest BCUT2D eigenvalue weighted by atomic mass is 16.4. The van der Waals surface area contributed by atoms with Crippen LogP contribution < -0.4 is 0 Å². The quantitative estimate of drug-likeness (QED) is 0.518. The first kappa shape index (κ1) is 21.5. The van der Waals surface area contributed by atoms with E-state index in [0.717, 1.165) is 64.2 Å². The maximum absolute atomic E-state index is 13.0. The molecule has 8 rings (SSSR count). The zero-order valence-corrected chi connectivity index (χ0v) is 20.5. The van der Waals surface area contributed by atoms with E-state index in [-0.39, 0.29) is 21.7 Å². The molecule has 4 unspecified atom stereocenters. The lowest BCUT2D eigenvalue weighted by Crippen LogP contribution is -2.71. The van der Waals surface area contributed by atoms with Crippen molar-refractivity contribution in [2.45, 2.75) is 105 Å². The Labute approximate surface area is 192 Å². The summed E-state index contributed by atoms with van der Waals surface area (Å²) in [5, 5.41) is 21.1. The SMILES string of the molecule is CC(C)C12CC3(C(=O)O)CC(C(C)C)(C1)CC(C14CC5CC(CC(C(=O)O)(C5)C1)C4)(C3)C2. The van der Waals surface area contributed by atoms with Gasteiger partial charge in [-0.25, -0.2) is 0 Å². The number of hydrogen-bond donors (Lipinski definition) is 2. The number of carboxylic acid groups (broad SMARTS) is 2. The molecular formula is C28H42O4. The molecule has 0 saturated heterocycles. The maximum Gasteiger partial charge on any atom is 0.309 e. The third kappa shape index (κ3) is 2.36. The molecule has 4 heteroatoms. The Kier molecular flexibility index (Phi) is 3.99. The molecule has 0 aliphatic heterocycles. The topological polar surface area (TPSA) is 74.6 Å². The molecule has 8 saturated carbocycles. The summed E-state index contributed by atoms with van der Waals surface area (Å²) in [6.07, 6.45) is 12.1. The Morgan fingerprint density at radius 1 is 0.625 bits per heavy atom. The lowest BCUT2D eigenvalue weighted by Gasteiger charge is -2.78. The van der Waals surface area contributed by atoms with E-state index in [1.807, 2.05) is 0 Å². The largest absolute Gasteiger partial charge is 0.481 e. The predicted octanol–water partition coefficient (Wildman–Crippen LogP) is 6.38. The van der Waals surface area contributed by atoms with E-state index < -0.39 is 22.8 Å². The summed E-state index contributed by atoms with van der Waals surface area (Å²) in [6, 6.07) is 0. The highest BCUT2D eigenvalue weighted by Crippen LogP contribution is 2.84. The van der Waals surface area contributed by atoms with Crippen LogP contribution in [0.25, 0.3) is 0 Å². The Morgan fingerprint density at radius 2 is 1.09 bits per heavy atom. The van der Waals surface area contributed by atoms with Gasteiger partial charge in [0, 0.05) is 0 Å². The van der Waals surface area contributed by atoms with Gasteiger partial charge in [0.1, 0.15) is 0 Å². The van der Waals surface area contributed by atoms with Crippen molar-refractivity contribution in [1.29, 1.82) is 0 Å². The molecule has 0 radical (unpaired) electrons. The first-order chi connectivity index (χ1) is 14.8. The van der Waals surface area contributed by atoms with Crippen LogP contribution in [0.2, 0.25) is 0 Å². The van der Waals surface area contributed by atoms with Crippen LogP contribution in [0.3, 0.4) is 0 Å². The van der Waals surface area contributed by atoms with Gasteiger partial charge >= 0.3 is 11.9 Å². The van der Waals surface area contributed by atoms with Gasteiger partial charge in [-0.05, 0) is 122 Å². The molecule has 8 bridgehead atoms. The van der Waals surface area contributed by atoms with Gasteiger partial charge in [-0.1, -0.05) is 27.7 Å². The van der Waals surface area contributed by atoms with Crippen LogP contribution in [0, 0.1) is 56.2 Å². The van der Waals surface area contributed by atoms with E-state index in [0.29, 0.717) is 23.7 Å². The Hall–Kier alpha value is -1.06. The minimum absolute atomic E-state index is 0.00708. The molecule has 0 amide bonds. The van der Waals surface area contributed by atoms with Crippen molar-refractivity contribution >= 4 is 11.9 Å². The fourth-order valence-electron chi connectivity index (χ4n) is 11.9. The van der Waals surface area contributed by atoms with Crippen LogP contribution in [0.1, 0.15) is 105 Å². The summed E-state index contributed by atoms with van der Waals surface area (Å²) in [5.41, 5.74) is -0.915. The molecule has 2 N–H and O–H groups in total. The van der Waals surface area contributed by atoms with Crippen LogP contribution in [0.5, 0.6) is 0 Å². The summed E-state index contributed by atoms with van der Waals surface area (Å²) >= 11 is 0. The summed E-state index contributed by atoms with van der Waals surface area (Å²) in [7, 11) is 0. The molecule has 0 aromatic rings. The Balaban J connectivity index is 1.55. The monoisotopic (exact) mass is 442 g/mol. The van der Waals surface area contributed by atoms with Crippen molar-refractivity contribution in [2.24, 2.45) is 56.2 Å². The normalized spacial score (nSPS) is 55.2. The van der Waals surface area contributed by atoms with Crippen molar-refractivity contribution in [3.05, 3.63) is 0 Å². The minimum atomic E-state index is -0.608. The van der Waals surface area contributed by atoms with Crippen LogP contribution in [0.15, 0.2) is 0 Å². The van der Waals surface area contributed by atoms with Crippen molar-refractivity contribution < 1.29 is 19.8 Å². The van der Waals surface area contributed by atoms with E-state index >= 15 is 0 Å². The molecule has 4 atom stereocenters. The van der Waals surface area contributed by atoms with Gasteiger partial charge in [0.05, 0.1) is 10.8 Å². The second-order valence-corrected chi connectivity index (χ2v) is 14.8. The number of carbonyl (C=O) groups is 2. The molecule has 8 fully saturated rings. The molecule has 0 aromatic carbocycles. The molecule has 8 aliphatic carbocycles. The molecule has 32 heavy (non-hydrogen) atoms. The molecular weight excluding hydrogens is 400 g/mol. The lowest BCUT2D eigenvalue weighted by atomic mass is 9.26. The minimum Gasteiger partial charge on any atom is -0.481 e. The van der Waals surface area contributed by atoms with Gasteiger partial charge < -0.3 is 10.2 Å². The third-order valence-corrected chi connectivity index (χ3v) is 12.7. The summed E-state index contributed by atoms with van der Waals surface area (Å²) in [5.74, 6) is 0.890. The van der Waals surface area contributed by atoms with Crippen molar-refractivity contribution in [3.63, 3.8) is 0 Å². The zero-order chi connectivity index (χ0) is 22.9. The number of rotatable bonds is 5. The summed E-state index contributed by atoms with van der Waals surface area (Å²) in [4.78, 5) is 25.7. The first-order valence-corrected chi connectivity index (χ1v) is 13.3. The lowest BCUT2D eigenvalue weighted by molar-refractivity contribution is -0.291. The van der Waals surface area contributed by atoms with E-state index in [1.54, 1.807) is 0 Å². The number of hydrogen-bond acceptors (Lipinski definition) is 2. The fraction of sp³-hybridized carbons (Fsp3) is 0.929. The van der Waals surface area contributed by atoms with Gasteiger partial charge in [-0.3, -0.25) is 9.59 Å². The molecule has 8 aliphatic rings. The van der Waals surface area contributed by atoms with Gasteiger partial charge in [-0.15, -0.1) is 0 Å². The fourth-order valence-corrected chi connectivity index (χ4v) is 11.9. The van der Waals surface area contributed by atoms with Crippen molar-refractivity contribution in [2.75, 3.05) is 0 Å². The standard InChI is InChI=1S/C28H42O4/c1-17(2)24-10-25(18(3)4)12-26(11-24,22(31)32)16-28(14-24,15-25)27-8-19-5-20(9-27)7-23(6-19,13-27)21(29)30/h17-20H,5-16H2,1-4H3,(H,29,30)(H,31,32). The smallest absolute Gasteiger partial charge is 0.309 e. The Bertz CT molecular complexity index is 846. The third-order valence-electron chi connectivity index (χ3n) is 12.7.